The summed E-state index contributed by atoms with van der Waals surface area (Å²) in [6, 6.07) is 11.7. The van der Waals surface area contributed by atoms with Gasteiger partial charge in [0.05, 0.1) is 19.4 Å². The smallest absolute Gasteiger partial charge is 0.244 e. The Morgan fingerprint density at radius 2 is 2.06 bits per heavy atom. The maximum atomic E-state index is 14.3. The summed E-state index contributed by atoms with van der Waals surface area (Å²) in [5.41, 5.74) is 1.50. The second kappa shape index (κ2) is 10.5. The Bertz CT molecular complexity index is 1090. The predicted molar refractivity (Wildman–Crippen MR) is 119 cm³/mol. The van der Waals surface area contributed by atoms with Gasteiger partial charge in [-0.25, -0.2) is 9.37 Å². The molecular weight excluding hydrogens is 411 g/mol. The van der Waals surface area contributed by atoms with Crippen molar-refractivity contribution in [3.05, 3.63) is 84.1 Å². The van der Waals surface area contributed by atoms with Crippen LogP contribution in [0.3, 0.4) is 0 Å². The van der Waals surface area contributed by atoms with E-state index in [1.807, 2.05) is 12.1 Å². The summed E-state index contributed by atoms with van der Waals surface area (Å²) in [7, 11) is 0. The van der Waals surface area contributed by atoms with Gasteiger partial charge >= 0.3 is 0 Å². The first-order valence-corrected chi connectivity index (χ1v) is 10.3. The molecule has 1 fully saturated rings. The summed E-state index contributed by atoms with van der Waals surface area (Å²) in [5, 5.41) is 2.84. The highest BCUT2D eigenvalue weighted by atomic mass is 19.1. The van der Waals surface area contributed by atoms with Crippen molar-refractivity contribution in [1.82, 2.24) is 15.3 Å². The Labute approximate surface area is 185 Å². The summed E-state index contributed by atoms with van der Waals surface area (Å²) >= 11 is 0. The number of morpholine rings is 1. The first kappa shape index (κ1) is 21.5. The molecule has 0 radical (unpaired) electrons. The van der Waals surface area contributed by atoms with Gasteiger partial charge in [-0.2, -0.15) is 0 Å². The van der Waals surface area contributed by atoms with Crippen LogP contribution in [0.2, 0.25) is 0 Å². The van der Waals surface area contributed by atoms with E-state index in [9.17, 15) is 9.18 Å². The average molecular weight is 434 g/mol. The van der Waals surface area contributed by atoms with Crippen LogP contribution >= 0.6 is 0 Å². The fraction of sp³-hybridized carbons (Fsp3) is 0.208. The number of hydrogen-bond acceptors (Lipinski definition) is 6. The number of carbonyl (C=O) groups excluding carboxylic acids is 1. The Balaban J connectivity index is 1.31. The van der Waals surface area contributed by atoms with E-state index in [0.29, 0.717) is 31.1 Å². The summed E-state index contributed by atoms with van der Waals surface area (Å²) < 4.78 is 25.2. The van der Waals surface area contributed by atoms with Crippen molar-refractivity contribution in [3.63, 3.8) is 0 Å². The highest BCUT2D eigenvalue weighted by Crippen LogP contribution is 2.24. The predicted octanol–water partition coefficient (Wildman–Crippen LogP) is 3.57. The van der Waals surface area contributed by atoms with Crippen LogP contribution in [0.4, 0.5) is 10.2 Å². The third-order valence-electron chi connectivity index (χ3n) is 4.86. The van der Waals surface area contributed by atoms with Crippen LogP contribution in [0.5, 0.6) is 11.5 Å². The molecule has 0 spiro atoms. The lowest BCUT2D eigenvalue weighted by atomic mass is 10.2. The fourth-order valence-corrected chi connectivity index (χ4v) is 3.19. The van der Waals surface area contributed by atoms with Crippen molar-refractivity contribution >= 4 is 17.8 Å². The minimum absolute atomic E-state index is 0.0911. The number of halogens is 1. The SMILES string of the molecule is O=C(/C=C/c1ccc(Oc2cccnc2)c(F)c1)NCc1ccnc(N2CCOCC2)c1. The number of anilines is 1. The van der Waals surface area contributed by atoms with Gasteiger partial charge in [0.25, 0.3) is 0 Å². The normalized spacial score (nSPS) is 13.8. The zero-order valence-corrected chi connectivity index (χ0v) is 17.4. The van der Waals surface area contributed by atoms with Crippen LogP contribution in [0.25, 0.3) is 6.08 Å². The molecule has 1 N–H and O–H groups in total. The topological polar surface area (TPSA) is 76.6 Å². The van der Waals surface area contributed by atoms with Crippen molar-refractivity contribution < 1.29 is 18.7 Å². The lowest BCUT2D eigenvalue weighted by molar-refractivity contribution is -0.116. The molecule has 1 amide bonds. The van der Waals surface area contributed by atoms with E-state index in [1.165, 1.54) is 24.4 Å². The van der Waals surface area contributed by atoms with E-state index < -0.39 is 5.82 Å². The molecule has 1 aliphatic rings. The van der Waals surface area contributed by atoms with Crippen LogP contribution in [0.1, 0.15) is 11.1 Å². The molecule has 3 aromatic rings. The molecular formula is C24H23FN4O3. The summed E-state index contributed by atoms with van der Waals surface area (Å²) in [6.07, 6.45) is 7.78. The first-order chi connectivity index (χ1) is 15.7. The number of hydrogen-bond donors (Lipinski definition) is 1. The van der Waals surface area contributed by atoms with Crippen LogP contribution in [0.15, 0.2) is 67.1 Å². The standard InChI is InChI=1S/C24H23FN4O3/c25-21-14-18(3-5-22(21)32-20-2-1-8-26-17-20)4-6-24(30)28-16-19-7-9-27-23(15-19)29-10-12-31-13-11-29/h1-9,14-15,17H,10-13,16H2,(H,28,30)/b6-4+. The minimum atomic E-state index is -0.524. The van der Waals surface area contributed by atoms with Gasteiger partial charge in [0.1, 0.15) is 11.6 Å². The molecule has 4 rings (SSSR count). The first-order valence-electron chi connectivity index (χ1n) is 10.3. The molecule has 1 aromatic carbocycles. The molecule has 1 saturated heterocycles. The quantitative estimate of drug-likeness (QED) is 0.573. The largest absolute Gasteiger partial charge is 0.453 e. The van der Waals surface area contributed by atoms with Crippen molar-refractivity contribution in [1.29, 1.82) is 0 Å². The maximum absolute atomic E-state index is 14.3. The molecule has 7 nitrogen and oxygen atoms in total. The minimum Gasteiger partial charge on any atom is -0.453 e. The van der Waals surface area contributed by atoms with Gasteiger partial charge < -0.3 is 19.7 Å². The third kappa shape index (κ3) is 5.89. The van der Waals surface area contributed by atoms with Crippen molar-refractivity contribution in [3.8, 4) is 11.5 Å². The molecule has 0 saturated carbocycles. The number of benzene rings is 1. The Morgan fingerprint density at radius 3 is 2.84 bits per heavy atom. The number of rotatable bonds is 7. The van der Waals surface area contributed by atoms with E-state index in [0.717, 1.165) is 24.5 Å². The van der Waals surface area contributed by atoms with Gasteiger partial charge in [-0.05, 0) is 53.6 Å². The summed E-state index contributed by atoms with van der Waals surface area (Å²) in [5.74, 6) is 0.615. The molecule has 0 aliphatic carbocycles. The molecule has 0 atom stereocenters. The van der Waals surface area contributed by atoms with Gasteiger partial charge in [-0.3, -0.25) is 9.78 Å². The highest BCUT2D eigenvalue weighted by Gasteiger charge is 2.12. The van der Waals surface area contributed by atoms with Crippen molar-refractivity contribution in [2.24, 2.45) is 0 Å². The van der Waals surface area contributed by atoms with Gasteiger partial charge in [-0.1, -0.05) is 6.07 Å². The highest BCUT2D eigenvalue weighted by molar-refractivity contribution is 5.91. The molecule has 0 bridgehead atoms. The van der Waals surface area contributed by atoms with Gasteiger partial charge in [-0.15, -0.1) is 0 Å². The lowest BCUT2D eigenvalue weighted by Crippen LogP contribution is -2.36. The van der Waals surface area contributed by atoms with E-state index in [1.54, 1.807) is 36.7 Å². The van der Waals surface area contributed by atoms with E-state index in [4.69, 9.17) is 9.47 Å². The van der Waals surface area contributed by atoms with E-state index >= 15 is 0 Å². The zero-order chi connectivity index (χ0) is 22.2. The van der Waals surface area contributed by atoms with Crippen LogP contribution < -0.4 is 15.0 Å². The maximum Gasteiger partial charge on any atom is 0.244 e. The zero-order valence-electron chi connectivity index (χ0n) is 17.4. The van der Waals surface area contributed by atoms with Crippen LogP contribution in [-0.2, 0) is 16.1 Å². The fourth-order valence-electron chi connectivity index (χ4n) is 3.19. The van der Waals surface area contributed by atoms with E-state index in [2.05, 4.69) is 20.2 Å². The molecule has 8 heteroatoms. The Morgan fingerprint density at radius 1 is 1.19 bits per heavy atom. The van der Waals surface area contributed by atoms with Crippen LogP contribution in [-0.4, -0.2) is 42.2 Å². The average Bonchev–Trinajstić information content (AvgIpc) is 2.84. The number of amides is 1. The molecule has 3 heterocycles. The van der Waals surface area contributed by atoms with Gasteiger partial charge in [0.2, 0.25) is 5.91 Å². The second-order valence-corrected chi connectivity index (χ2v) is 7.15. The van der Waals surface area contributed by atoms with Gasteiger partial charge in [0.15, 0.2) is 11.6 Å². The number of nitrogens with zero attached hydrogens (tertiary/aromatic N) is 3. The number of pyridine rings is 2. The number of ether oxygens (including phenoxy) is 2. The monoisotopic (exact) mass is 434 g/mol. The molecule has 0 unspecified atom stereocenters. The van der Waals surface area contributed by atoms with Crippen LogP contribution in [0, 0.1) is 5.82 Å². The Hall–Kier alpha value is -3.78. The summed E-state index contributed by atoms with van der Waals surface area (Å²) in [4.78, 5) is 22.7. The molecule has 164 valence electrons. The lowest BCUT2D eigenvalue weighted by Gasteiger charge is -2.28. The van der Waals surface area contributed by atoms with E-state index in [-0.39, 0.29) is 11.7 Å². The van der Waals surface area contributed by atoms with Gasteiger partial charge in [0, 0.05) is 38.1 Å². The molecule has 2 aromatic heterocycles. The Kier molecular flexibility index (Phi) is 7.04. The van der Waals surface area contributed by atoms with Crippen molar-refractivity contribution in [2.45, 2.75) is 6.54 Å². The number of aromatic nitrogens is 2. The molecule has 32 heavy (non-hydrogen) atoms. The second-order valence-electron chi connectivity index (χ2n) is 7.15. The molecule has 1 aliphatic heterocycles. The summed E-state index contributed by atoms with van der Waals surface area (Å²) in [6.45, 7) is 3.34. The number of nitrogens with one attached hydrogen (secondary N) is 1. The number of carbonyl (C=O) groups is 1. The third-order valence-corrected chi connectivity index (χ3v) is 4.86. The van der Waals surface area contributed by atoms with Crippen molar-refractivity contribution in [2.75, 3.05) is 31.2 Å².